The summed E-state index contributed by atoms with van der Waals surface area (Å²) in [6.07, 6.45) is 2.67. The van der Waals surface area contributed by atoms with Crippen LogP contribution in [0.5, 0.6) is 34.5 Å². The van der Waals surface area contributed by atoms with Crippen molar-refractivity contribution in [3.8, 4) is 34.5 Å². The van der Waals surface area contributed by atoms with E-state index in [-0.39, 0.29) is 25.0 Å². The minimum absolute atomic E-state index is 0.00280. The molecule has 0 saturated heterocycles. The van der Waals surface area contributed by atoms with Gasteiger partial charge in [0.1, 0.15) is 0 Å². The topological polar surface area (TPSA) is 95.8 Å². The van der Waals surface area contributed by atoms with Crippen LogP contribution in [0.2, 0.25) is 0 Å². The quantitative estimate of drug-likeness (QED) is 0.402. The van der Waals surface area contributed by atoms with Crippen molar-refractivity contribution in [1.82, 2.24) is 0 Å². The van der Waals surface area contributed by atoms with Crippen LogP contribution in [0.3, 0.4) is 0 Å². The second-order valence-electron chi connectivity index (χ2n) is 8.04. The Morgan fingerprint density at radius 1 is 0.588 bits per heavy atom. The summed E-state index contributed by atoms with van der Waals surface area (Å²) in [4.78, 5) is 0. The van der Waals surface area contributed by atoms with Crippen LogP contribution >= 0.6 is 0 Å². The van der Waals surface area contributed by atoms with Crippen LogP contribution in [0.15, 0.2) is 24.3 Å². The maximum Gasteiger partial charge on any atom is 0.203 e. The summed E-state index contributed by atoms with van der Waals surface area (Å²) >= 11 is 0. The maximum absolute atomic E-state index is 10.4. The van der Waals surface area contributed by atoms with Crippen LogP contribution in [0.1, 0.15) is 24.0 Å². The molecule has 2 N–H and O–H groups in total. The Morgan fingerprint density at radius 3 is 1.26 bits per heavy atom. The van der Waals surface area contributed by atoms with E-state index in [1.54, 1.807) is 42.7 Å². The third-order valence-electron chi connectivity index (χ3n) is 6.08. The molecule has 2 rings (SSSR count). The monoisotopic (exact) mass is 478 g/mol. The first-order valence-corrected chi connectivity index (χ1v) is 11.3. The Hall–Kier alpha value is -2.84. The lowest BCUT2D eigenvalue weighted by molar-refractivity contribution is 0.158. The van der Waals surface area contributed by atoms with Gasteiger partial charge in [-0.3, -0.25) is 0 Å². The number of benzene rings is 2. The summed E-state index contributed by atoms with van der Waals surface area (Å²) < 4.78 is 32.8. The van der Waals surface area contributed by atoms with Gasteiger partial charge in [0.15, 0.2) is 23.0 Å². The van der Waals surface area contributed by atoms with Crippen LogP contribution in [0, 0.1) is 11.8 Å². The van der Waals surface area contributed by atoms with Crippen LogP contribution in [0.25, 0.3) is 0 Å². The summed E-state index contributed by atoms with van der Waals surface area (Å²) in [7, 11) is 9.48. The van der Waals surface area contributed by atoms with Crippen molar-refractivity contribution in [3.05, 3.63) is 35.4 Å². The zero-order chi connectivity index (χ0) is 25.1. The molecule has 8 nitrogen and oxygen atoms in total. The standard InChI is InChI=1S/C26H38O8/c1-29-21-12-17(13-22(30-2)25(21)33-5)10-19(8-7-9-27)20(16-28)11-18-14-23(31-3)26(34-6)24(15-18)32-4/h12-15,19-20,27-28H,7-11,16H2,1-6H3/t19-,20+/m1/s1. The van der Waals surface area contributed by atoms with Crippen LogP contribution < -0.4 is 28.4 Å². The van der Waals surface area contributed by atoms with Crippen molar-refractivity contribution in [1.29, 1.82) is 0 Å². The Bertz CT molecular complexity index is 848. The fraction of sp³-hybridized carbons (Fsp3) is 0.538. The zero-order valence-electron chi connectivity index (χ0n) is 21.1. The molecule has 34 heavy (non-hydrogen) atoms. The second kappa shape index (κ2) is 13.8. The molecule has 8 heteroatoms. The first-order valence-electron chi connectivity index (χ1n) is 11.3. The maximum atomic E-state index is 10.4. The molecule has 0 unspecified atom stereocenters. The number of aliphatic hydroxyl groups excluding tert-OH is 2. The van der Waals surface area contributed by atoms with Gasteiger partial charge in [-0.2, -0.15) is 0 Å². The van der Waals surface area contributed by atoms with E-state index in [0.717, 1.165) is 17.5 Å². The zero-order valence-corrected chi connectivity index (χ0v) is 21.1. The molecule has 0 amide bonds. The van der Waals surface area contributed by atoms with Crippen molar-refractivity contribution in [2.45, 2.75) is 25.7 Å². The average Bonchev–Trinajstić information content (AvgIpc) is 2.88. The molecule has 0 aliphatic rings. The number of methoxy groups -OCH3 is 6. The Labute approximate surface area is 202 Å². The van der Waals surface area contributed by atoms with Gasteiger partial charge in [0, 0.05) is 13.2 Å². The first kappa shape index (κ1) is 27.4. The van der Waals surface area contributed by atoms with Crippen molar-refractivity contribution >= 4 is 0 Å². The molecule has 2 aromatic carbocycles. The highest BCUT2D eigenvalue weighted by Gasteiger charge is 2.25. The Kier molecular flexibility index (Phi) is 11.1. The van der Waals surface area contributed by atoms with Gasteiger partial charge in [0.25, 0.3) is 0 Å². The lowest BCUT2D eigenvalue weighted by atomic mass is 9.80. The number of hydrogen-bond donors (Lipinski definition) is 2. The molecule has 0 heterocycles. The van der Waals surface area contributed by atoms with Crippen LogP contribution in [-0.2, 0) is 12.8 Å². The van der Waals surface area contributed by atoms with E-state index >= 15 is 0 Å². The molecule has 0 fully saturated rings. The predicted molar refractivity (Wildman–Crippen MR) is 130 cm³/mol. The molecule has 2 aromatic rings. The number of rotatable bonds is 15. The molecule has 0 aromatic heterocycles. The molecule has 0 bridgehead atoms. The van der Waals surface area contributed by atoms with Crippen LogP contribution in [-0.4, -0.2) is 66.1 Å². The SMILES string of the molecule is COc1cc(C[C@@H](CO)[C@H](CCCO)Cc2cc(OC)c(OC)c(OC)c2)cc(OC)c1OC. The van der Waals surface area contributed by atoms with E-state index in [1.165, 1.54) is 0 Å². The Balaban J connectivity index is 2.38. The summed E-state index contributed by atoms with van der Waals surface area (Å²) in [5.41, 5.74) is 1.97. The number of aliphatic hydroxyl groups is 2. The van der Waals surface area contributed by atoms with E-state index in [9.17, 15) is 10.2 Å². The highest BCUT2D eigenvalue weighted by atomic mass is 16.5. The second-order valence-corrected chi connectivity index (χ2v) is 8.04. The van der Waals surface area contributed by atoms with E-state index in [0.29, 0.717) is 53.8 Å². The van der Waals surface area contributed by atoms with Gasteiger partial charge in [-0.15, -0.1) is 0 Å². The van der Waals surface area contributed by atoms with E-state index in [4.69, 9.17) is 28.4 Å². The molecule has 190 valence electrons. The predicted octanol–water partition coefficient (Wildman–Crippen LogP) is 3.52. The lowest BCUT2D eigenvalue weighted by Gasteiger charge is -2.27. The van der Waals surface area contributed by atoms with Crippen LogP contribution in [0.4, 0.5) is 0 Å². The number of ether oxygens (including phenoxy) is 6. The smallest absolute Gasteiger partial charge is 0.203 e. The van der Waals surface area contributed by atoms with Gasteiger partial charge in [-0.1, -0.05) is 0 Å². The highest BCUT2D eigenvalue weighted by molar-refractivity contribution is 5.55. The summed E-state index contributed by atoms with van der Waals surface area (Å²) in [5.74, 6) is 3.42. The summed E-state index contributed by atoms with van der Waals surface area (Å²) in [6.45, 7) is 0.0886. The minimum atomic E-state index is -0.0616. The van der Waals surface area contributed by atoms with Gasteiger partial charge in [0.05, 0.1) is 42.7 Å². The normalized spacial score (nSPS) is 12.6. The first-order chi connectivity index (χ1) is 16.5. The van der Waals surface area contributed by atoms with Crippen molar-refractivity contribution < 1.29 is 38.6 Å². The molecular formula is C26H38O8. The van der Waals surface area contributed by atoms with Gasteiger partial charge >= 0.3 is 0 Å². The summed E-state index contributed by atoms with van der Waals surface area (Å²) in [6, 6.07) is 7.68. The van der Waals surface area contributed by atoms with Crippen molar-refractivity contribution in [2.75, 3.05) is 55.9 Å². The van der Waals surface area contributed by atoms with Gasteiger partial charge in [-0.05, 0) is 72.9 Å². The Morgan fingerprint density at radius 2 is 0.971 bits per heavy atom. The van der Waals surface area contributed by atoms with Crippen molar-refractivity contribution in [3.63, 3.8) is 0 Å². The largest absolute Gasteiger partial charge is 0.493 e. The van der Waals surface area contributed by atoms with Gasteiger partial charge in [-0.25, -0.2) is 0 Å². The minimum Gasteiger partial charge on any atom is -0.493 e. The number of hydrogen-bond acceptors (Lipinski definition) is 8. The van der Waals surface area contributed by atoms with E-state index in [2.05, 4.69) is 0 Å². The molecule has 0 saturated carbocycles. The fourth-order valence-corrected chi connectivity index (χ4v) is 4.35. The fourth-order valence-electron chi connectivity index (χ4n) is 4.35. The molecule has 0 radical (unpaired) electrons. The summed E-state index contributed by atoms with van der Waals surface area (Å²) in [5, 5.41) is 19.8. The highest BCUT2D eigenvalue weighted by Crippen LogP contribution is 2.41. The van der Waals surface area contributed by atoms with E-state index < -0.39 is 0 Å². The molecule has 0 aliphatic carbocycles. The van der Waals surface area contributed by atoms with E-state index in [1.807, 2.05) is 24.3 Å². The van der Waals surface area contributed by atoms with Gasteiger partial charge < -0.3 is 38.6 Å². The average molecular weight is 479 g/mol. The third kappa shape index (κ3) is 6.61. The molecule has 0 aliphatic heterocycles. The van der Waals surface area contributed by atoms with Crippen molar-refractivity contribution in [2.24, 2.45) is 11.8 Å². The third-order valence-corrected chi connectivity index (χ3v) is 6.08. The molecular weight excluding hydrogens is 440 g/mol. The molecule has 2 atom stereocenters. The molecule has 0 spiro atoms. The van der Waals surface area contributed by atoms with Gasteiger partial charge in [0.2, 0.25) is 11.5 Å². The lowest BCUT2D eigenvalue weighted by Crippen LogP contribution is -2.24.